The summed E-state index contributed by atoms with van der Waals surface area (Å²) in [5, 5.41) is 0. The smallest absolute Gasteiger partial charge is 0.152 e. The normalized spacial score (nSPS) is 46.5. The van der Waals surface area contributed by atoms with Crippen LogP contribution in [0.15, 0.2) is 0 Å². The SMILES string of the molecule is C[C@@]12CCC(=O)C(Br)[C@@H]1CCC(Br)C2=O. The molecule has 2 aliphatic rings. The lowest BCUT2D eigenvalue weighted by molar-refractivity contribution is -0.138. The Labute approximate surface area is 106 Å². The van der Waals surface area contributed by atoms with Gasteiger partial charge in [0, 0.05) is 11.8 Å². The van der Waals surface area contributed by atoms with Gasteiger partial charge in [0.2, 0.25) is 0 Å². The largest absolute Gasteiger partial charge is 0.298 e. The van der Waals surface area contributed by atoms with Gasteiger partial charge in [-0.3, -0.25) is 9.59 Å². The maximum atomic E-state index is 12.2. The summed E-state index contributed by atoms with van der Waals surface area (Å²) in [7, 11) is 0. The third-order valence-electron chi connectivity index (χ3n) is 3.95. The van der Waals surface area contributed by atoms with E-state index in [4.69, 9.17) is 0 Å². The molecule has 2 aliphatic carbocycles. The highest BCUT2D eigenvalue weighted by Crippen LogP contribution is 2.50. The van der Waals surface area contributed by atoms with Crippen LogP contribution in [0, 0.1) is 11.3 Å². The number of carbonyl (C=O) groups excluding carboxylic acids is 2. The minimum Gasteiger partial charge on any atom is -0.298 e. The number of alkyl halides is 2. The van der Waals surface area contributed by atoms with E-state index in [2.05, 4.69) is 31.9 Å². The average Bonchev–Trinajstić information content (AvgIpc) is 2.21. The van der Waals surface area contributed by atoms with Crippen molar-refractivity contribution in [1.82, 2.24) is 0 Å². The molecular formula is C11H14Br2O2. The third-order valence-corrected chi connectivity index (χ3v) is 5.97. The molecule has 0 aromatic carbocycles. The molecule has 0 bridgehead atoms. The molecule has 2 unspecified atom stereocenters. The second kappa shape index (κ2) is 3.95. The fraction of sp³-hybridized carbons (Fsp3) is 0.818. The fourth-order valence-electron chi connectivity index (χ4n) is 2.84. The first-order valence-corrected chi connectivity index (χ1v) is 7.15. The Morgan fingerprint density at radius 2 is 1.93 bits per heavy atom. The van der Waals surface area contributed by atoms with Crippen molar-refractivity contribution < 1.29 is 9.59 Å². The molecule has 0 amide bonds. The van der Waals surface area contributed by atoms with Gasteiger partial charge in [-0.15, -0.1) is 0 Å². The lowest BCUT2D eigenvalue weighted by Gasteiger charge is -2.46. The van der Waals surface area contributed by atoms with Crippen LogP contribution < -0.4 is 0 Å². The monoisotopic (exact) mass is 336 g/mol. The van der Waals surface area contributed by atoms with Gasteiger partial charge in [0.1, 0.15) is 5.78 Å². The molecule has 0 heterocycles. The van der Waals surface area contributed by atoms with Gasteiger partial charge in [0.25, 0.3) is 0 Å². The molecule has 2 nitrogen and oxygen atoms in total. The number of ketones is 2. The number of Topliss-reactive ketones (excluding diaryl/α,β-unsaturated/α-hetero) is 2. The van der Waals surface area contributed by atoms with Gasteiger partial charge in [0.15, 0.2) is 5.78 Å². The van der Waals surface area contributed by atoms with Crippen LogP contribution in [-0.4, -0.2) is 21.2 Å². The van der Waals surface area contributed by atoms with E-state index < -0.39 is 0 Å². The summed E-state index contributed by atoms with van der Waals surface area (Å²) in [6, 6.07) is 0. The van der Waals surface area contributed by atoms with Crippen molar-refractivity contribution in [2.45, 2.75) is 42.3 Å². The summed E-state index contributed by atoms with van der Waals surface area (Å²) in [6.45, 7) is 2.02. The summed E-state index contributed by atoms with van der Waals surface area (Å²) in [5.74, 6) is 0.744. The molecule has 4 heteroatoms. The Morgan fingerprint density at radius 1 is 1.27 bits per heavy atom. The van der Waals surface area contributed by atoms with E-state index in [1.165, 1.54) is 0 Å². The predicted molar refractivity (Wildman–Crippen MR) is 65.5 cm³/mol. The topological polar surface area (TPSA) is 34.1 Å². The standard InChI is InChI=1S/C11H14Br2O2/c1-11-5-4-8(14)9(13)6(11)2-3-7(12)10(11)15/h6-7,9H,2-5H2,1H3/t6-,7?,9?,11+/m0/s1. The molecule has 15 heavy (non-hydrogen) atoms. The van der Waals surface area contributed by atoms with E-state index in [1.54, 1.807) is 0 Å². The van der Waals surface area contributed by atoms with Crippen molar-refractivity contribution in [3.8, 4) is 0 Å². The molecule has 0 aromatic heterocycles. The van der Waals surface area contributed by atoms with Gasteiger partial charge in [-0.05, 0) is 25.2 Å². The Bertz CT molecular complexity index is 316. The maximum absolute atomic E-state index is 12.2. The Kier molecular flexibility index (Phi) is 3.10. The zero-order valence-corrected chi connectivity index (χ0v) is 11.8. The molecule has 2 fully saturated rings. The van der Waals surface area contributed by atoms with E-state index in [-0.39, 0.29) is 32.6 Å². The molecule has 0 radical (unpaired) electrons. The lowest BCUT2D eigenvalue weighted by Crippen LogP contribution is -2.52. The molecule has 0 aromatic rings. The summed E-state index contributed by atoms with van der Waals surface area (Å²) < 4.78 is 0. The van der Waals surface area contributed by atoms with Gasteiger partial charge < -0.3 is 0 Å². The first-order valence-electron chi connectivity index (χ1n) is 5.32. The quantitative estimate of drug-likeness (QED) is 0.637. The molecule has 0 aliphatic heterocycles. The van der Waals surface area contributed by atoms with Crippen molar-refractivity contribution in [1.29, 1.82) is 0 Å². The highest BCUT2D eigenvalue weighted by molar-refractivity contribution is 9.10. The molecule has 0 saturated heterocycles. The molecule has 2 rings (SSSR count). The Morgan fingerprint density at radius 3 is 2.60 bits per heavy atom. The zero-order chi connectivity index (χ0) is 11.2. The van der Waals surface area contributed by atoms with Gasteiger partial charge >= 0.3 is 0 Å². The third kappa shape index (κ3) is 1.74. The number of hydrogen-bond donors (Lipinski definition) is 0. The summed E-state index contributed by atoms with van der Waals surface area (Å²) in [6.07, 6.45) is 3.07. The van der Waals surface area contributed by atoms with Crippen LogP contribution in [0.3, 0.4) is 0 Å². The zero-order valence-electron chi connectivity index (χ0n) is 8.63. The van der Waals surface area contributed by atoms with Crippen LogP contribution in [0.1, 0.15) is 32.6 Å². The first-order chi connectivity index (χ1) is 6.97. The van der Waals surface area contributed by atoms with Gasteiger partial charge in [-0.1, -0.05) is 38.8 Å². The van der Waals surface area contributed by atoms with Crippen LogP contribution in [-0.2, 0) is 9.59 Å². The Balaban J connectivity index is 2.31. The molecule has 2 saturated carbocycles. The summed E-state index contributed by atoms with van der Waals surface area (Å²) in [5.41, 5.74) is -0.297. The minimum atomic E-state index is -0.297. The lowest BCUT2D eigenvalue weighted by atomic mass is 9.59. The van der Waals surface area contributed by atoms with E-state index in [0.717, 1.165) is 19.3 Å². The van der Waals surface area contributed by atoms with E-state index in [1.807, 2.05) is 6.92 Å². The Hall–Kier alpha value is 0.300. The van der Waals surface area contributed by atoms with Crippen molar-refractivity contribution in [2.75, 3.05) is 0 Å². The second-order valence-electron chi connectivity index (χ2n) is 4.80. The second-order valence-corrected chi connectivity index (χ2v) is 6.89. The van der Waals surface area contributed by atoms with Crippen molar-refractivity contribution in [2.24, 2.45) is 11.3 Å². The van der Waals surface area contributed by atoms with E-state index >= 15 is 0 Å². The number of halogens is 2. The number of rotatable bonds is 0. The highest BCUT2D eigenvalue weighted by Gasteiger charge is 2.53. The molecule has 0 N–H and O–H groups in total. The minimum absolute atomic E-state index is 0.00773. The molecular weight excluding hydrogens is 324 g/mol. The fourth-order valence-corrected chi connectivity index (χ4v) is 4.70. The molecule has 4 atom stereocenters. The molecule has 84 valence electrons. The van der Waals surface area contributed by atoms with Gasteiger partial charge in [0.05, 0.1) is 9.65 Å². The van der Waals surface area contributed by atoms with Crippen LogP contribution in [0.4, 0.5) is 0 Å². The molecule has 0 spiro atoms. The van der Waals surface area contributed by atoms with Gasteiger partial charge in [-0.2, -0.15) is 0 Å². The number of carbonyl (C=O) groups is 2. The van der Waals surface area contributed by atoms with Crippen LogP contribution in [0.25, 0.3) is 0 Å². The van der Waals surface area contributed by atoms with Crippen molar-refractivity contribution in [3.63, 3.8) is 0 Å². The van der Waals surface area contributed by atoms with Gasteiger partial charge in [-0.25, -0.2) is 0 Å². The van der Waals surface area contributed by atoms with Crippen LogP contribution >= 0.6 is 31.9 Å². The predicted octanol–water partition coefficient (Wildman–Crippen LogP) is 2.86. The summed E-state index contributed by atoms with van der Waals surface area (Å²) >= 11 is 6.90. The van der Waals surface area contributed by atoms with Crippen molar-refractivity contribution >= 4 is 43.4 Å². The summed E-state index contributed by atoms with van der Waals surface area (Å²) in [4.78, 5) is 23.6. The van der Waals surface area contributed by atoms with Crippen LogP contribution in [0.2, 0.25) is 0 Å². The van der Waals surface area contributed by atoms with E-state index in [0.29, 0.717) is 6.42 Å². The highest BCUT2D eigenvalue weighted by atomic mass is 79.9. The van der Waals surface area contributed by atoms with E-state index in [9.17, 15) is 9.59 Å². The maximum Gasteiger partial charge on any atom is 0.152 e. The van der Waals surface area contributed by atoms with Crippen molar-refractivity contribution in [3.05, 3.63) is 0 Å². The average molecular weight is 338 g/mol. The number of fused-ring (bicyclic) bond motifs is 1. The number of hydrogen-bond acceptors (Lipinski definition) is 2. The van der Waals surface area contributed by atoms with Crippen LogP contribution in [0.5, 0.6) is 0 Å². The first kappa shape index (κ1) is 11.8.